The first kappa shape index (κ1) is 16.0. The average Bonchev–Trinajstić information content (AvgIpc) is 2.86. The summed E-state index contributed by atoms with van der Waals surface area (Å²) in [5.41, 5.74) is 1.64. The van der Waals surface area contributed by atoms with Crippen molar-refractivity contribution in [1.82, 2.24) is 14.8 Å². The molecule has 5 heteroatoms. The summed E-state index contributed by atoms with van der Waals surface area (Å²) in [6.07, 6.45) is 1.49. The van der Waals surface area contributed by atoms with Crippen LogP contribution in [0.15, 0.2) is 29.4 Å². The summed E-state index contributed by atoms with van der Waals surface area (Å²) in [6.45, 7) is 8.07. The Hall–Kier alpha value is -1.33. The molecule has 0 aliphatic heterocycles. The van der Waals surface area contributed by atoms with Crippen molar-refractivity contribution in [2.45, 2.75) is 51.3 Å². The summed E-state index contributed by atoms with van der Waals surface area (Å²) in [6, 6.07) is 8.20. The number of aromatic nitrogens is 3. The summed E-state index contributed by atoms with van der Waals surface area (Å²) < 4.78 is 2.06. The molecule has 4 nitrogen and oxygen atoms in total. The quantitative estimate of drug-likeness (QED) is 0.830. The first-order valence-electron chi connectivity index (χ1n) is 7.34. The van der Waals surface area contributed by atoms with Crippen LogP contribution in [0, 0.1) is 13.8 Å². The molecule has 0 spiro atoms. The second-order valence-electron chi connectivity index (χ2n) is 5.37. The van der Waals surface area contributed by atoms with Crippen LogP contribution in [0.3, 0.4) is 0 Å². The van der Waals surface area contributed by atoms with Crippen molar-refractivity contribution in [3.8, 4) is 5.69 Å². The Labute approximate surface area is 130 Å². The van der Waals surface area contributed by atoms with Gasteiger partial charge in [0.25, 0.3) is 0 Å². The van der Waals surface area contributed by atoms with E-state index in [0.717, 1.165) is 29.5 Å². The van der Waals surface area contributed by atoms with Gasteiger partial charge < -0.3 is 5.11 Å². The minimum Gasteiger partial charge on any atom is -0.389 e. The van der Waals surface area contributed by atoms with E-state index in [-0.39, 0.29) is 0 Å². The number of hydrogen-bond acceptors (Lipinski definition) is 4. The number of rotatable bonds is 6. The predicted molar refractivity (Wildman–Crippen MR) is 87.1 cm³/mol. The van der Waals surface area contributed by atoms with Crippen LogP contribution >= 0.6 is 11.8 Å². The van der Waals surface area contributed by atoms with Crippen molar-refractivity contribution in [2.75, 3.05) is 5.75 Å². The molecular formula is C16H23N3OS. The van der Waals surface area contributed by atoms with Crippen molar-refractivity contribution >= 4 is 11.8 Å². The van der Waals surface area contributed by atoms with Crippen LogP contribution in [0.25, 0.3) is 5.69 Å². The van der Waals surface area contributed by atoms with E-state index in [4.69, 9.17) is 0 Å². The fraction of sp³-hybridized carbons (Fsp3) is 0.500. The Morgan fingerprint density at radius 2 is 1.81 bits per heavy atom. The highest BCUT2D eigenvalue weighted by Crippen LogP contribution is 2.28. The lowest BCUT2D eigenvalue weighted by Gasteiger charge is -2.24. The average molecular weight is 305 g/mol. The van der Waals surface area contributed by atoms with Crippen LogP contribution in [-0.2, 0) is 0 Å². The Balaban J connectivity index is 2.29. The van der Waals surface area contributed by atoms with E-state index in [0.29, 0.717) is 5.75 Å². The molecule has 0 fully saturated rings. The lowest BCUT2D eigenvalue weighted by Crippen LogP contribution is -2.29. The molecule has 0 saturated heterocycles. The van der Waals surface area contributed by atoms with Crippen molar-refractivity contribution in [3.05, 3.63) is 35.7 Å². The number of hydrogen-bond donors (Lipinski definition) is 1. The van der Waals surface area contributed by atoms with Gasteiger partial charge in [0.1, 0.15) is 5.82 Å². The number of para-hydroxylation sites is 1. The third kappa shape index (κ3) is 3.47. The summed E-state index contributed by atoms with van der Waals surface area (Å²) >= 11 is 1.57. The molecular weight excluding hydrogens is 282 g/mol. The van der Waals surface area contributed by atoms with Crippen LogP contribution in [0.5, 0.6) is 0 Å². The minimum atomic E-state index is -0.638. The molecule has 0 saturated carbocycles. The predicted octanol–water partition coefficient (Wildman–Crippen LogP) is 3.53. The largest absolute Gasteiger partial charge is 0.389 e. The van der Waals surface area contributed by atoms with Crippen LogP contribution in [-0.4, -0.2) is 31.2 Å². The minimum absolute atomic E-state index is 0.629. The van der Waals surface area contributed by atoms with E-state index in [1.165, 1.54) is 5.56 Å². The summed E-state index contributed by atoms with van der Waals surface area (Å²) in [7, 11) is 0. The van der Waals surface area contributed by atoms with E-state index < -0.39 is 5.60 Å². The molecule has 0 aliphatic rings. The van der Waals surface area contributed by atoms with E-state index in [9.17, 15) is 5.11 Å². The fourth-order valence-electron chi connectivity index (χ4n) is 2.18. The molecule has 2 aromatic rings. The second-order valence-corrected chi connectivity index (χ2v) is 6.31. The molecule has 1 N–H and O–H groups in total. The second kappa shape index (κ2) is 6.62. The van der Waals surface area contributed by atoms with E-state index >= 15 is 0 Å². The highest BCUT2D eigenvalue weighted by Gasteiger charge is 2.24. The third-order valence-electron chi connectivity index (χ3n) is 3.94. The molecule has 1 aromatic heterocycles. The Morgan fingerprint density at radius 3 is 2.43 bits per heavy atom. The van der Waals surface area contributed by atoms with Crippen molar-refractivity contribution < 1.29 is 5.11 Å². The molecule has 114 valence electrons. The van der Waals surface area contributed by atoms with Gasteiger partial charge in [0.05, 0.1) is 11.3 Å². The van der Waals surface area contributed by atoms with E-state index in [2.05, 4.69) is 33.8 Å². The molecule has 1 heterocycles. The topological polar surface area (TPSA) is 50.9 Å². The zero-order valence-corrected chi connectivity index (χ0v) is 13.9. The van der Waals surface area contributed by atoms with Gasteiger partial charge in [0.2, 0.25) is 0 Å². The molecule has 0 aliphatic carbocycles. The van der Waals surface area contributed by atoms with Crippen LogP contribution in [0.4, 0.5) is 0 Å². The van der Waals surface area contributed by atoms with Crippen molar-refractivity contribution in [3.63, 3.8) is 0 Å². The summed E-state index contributed by atoms with van der Waals surface area (Å²) in [5.74, 6) is 1.49. The van der Waals surface area contributed by atoms with Gasteiger partial charge in [-0.05, 0) is 38.3 Å². The molecule has 21 heavy (non-hydrogen) atoms. The van der Waals surface area contributed by atoms with Crippen molar-refractivity contribution in [1.29, 1.82) is 0 Å². The number of benzene rings is 1. The number of aryl methyl sites for hydroxylation is 2. The van der Waals surface area contributed by atoms with Crippen LogP contribution in [0.2, 0.25) is 0 Å². The van der Waals surface area contributed by atoms with E-state index in [1.54, 1.807) is 11.8 Å². The highest BCUT2D eigenvalue weighted by molar-refractivity contribution is 7.99. The monoisotopic (exact) mass is 305 g/mol. The lowest BCUT2D eigenvalue weighted by molar-refractivity contribution is 0.0571. The highest BCUT2D eigenvalue weighted by atomic mass is 32.2. The van der Waals surface area contributed by atoms with Gasteiger partial charge in [-0.15, -0.1) is 10.2 Å². The third-order valence-corrected chi connectivity index (χ3v) is 5.14. The van der Waals surface area contributed by atoms with Gasteiger partial charge in [-0.2, -0.15) is 0 Å². The molecule has 1 aromatic carbocycles. The molecule has 2 rings (SSSR count). The van der Waals surface area contributed by atoms with Crippen molar-refractivity contribution in [2.24, 2.45) is 0 Å². The molecule has 0 amide bonds. The zero-order valence-electron chi connectivity index (χ0n) is 13.1. The van der Waals surface area contributed by atoms with Gasteiger partial charge in [0, 0.05) is 5.75 Å². The maximum atomic E-state index is 10.4. The Kier molecular flexibility index (Phi) is 5.06. The number of aliphatic hydroxyl groups is 1. The maximum absolute atomic E-state index is 10.4. The summed E-state index contributed by atoms with van der Waals surface area (Å²) in [4.78, 5) is 0. The first-order chi connectivity index (χ1) is 10.0. The van der Waals surface area contributed by atoms with Crippen LogP contribution in [0.1, 0.15) is 38.1 Å². The van der Waals surface area contributed by atoms with Gasteiger partial charge in [-0.25, -0.2) is 0 Å². The zero-order chi connectivity index (χ0) is 15.5. The molecule has 0 atom stereocenters. The molecule has 0 radical (unpaired) electrons. The SMILES string of the molecule is CCC(O)(CC)CSc1nnc(C)n1-c1ccccc1C. The first-order valence-corrected chi connectivity index (χ1v) is 8.32. The maximum Gasteiger partial charge on any atom is 0.195 e. The van der Waals surface area contributed by atoms with Crippen LogP contribution < -0.4 is 0 Å². The smallest absolute Gasteiger partial charge is 0.195 e. The Morgan fingerprint density at radius 1 is 1.14 bits per heavy atom. The normalized spacial score (nSPS) is 11.9. The number of nitrogens with zero attached hydrogens (tertiary/aromatic N) is 3. The molecule has 0 unspecified atom stereocenters. The van der Waals surface area contributed by atoms with Gasteiger partial charge in [-0.1, -0.05) is 43.8 Å². The lowest BCUT2D eigenvalue weighted by atomic mass is 10.0. The Bertz CT molecular complexity index is 605. The van der Waals surface area contributed by atoms with E-state index in [1.807, 2.05) is 32.9 Å². The standard InChI is InChI=1S/C16H23N3OS/c1-5-16(20,6-2)11-21-15-18-17-13(4)19(15)14-10-8-7-9-12(14)3/h7-10,20H,5-6,11H2,1-4H3. The molecule has 0 bridgehead atoms. The van der Waals surface area contributed by atoms with Gasteiger partial charge in [0.15, 0.2) is 5.16 Å². The van der Waals surface area contributed by atoms with Gasteiger partial charge >= 0.3 is 0 Å². The van der Waals surface area contributed by atoms with Gasteiger partial charge in [-0.3, -0.25) is 4.57 Å². The summed E-state index contributed by atoms with van der Waals surface area (Å²) in [5, 5.41) is 19.7. The number of thioether (sulfide) groups is 1. The fourth-order valence-corrected chi connectivity index (χ4v) is 3.45.